The van der Waals surface area contributed by atoms with Gasteiger partial charge in [-0.25, -0.2) is 4.79 Å². The van der Waals surface area contributed by atoms with E-state index in [4.69, 9.17) is 4.42 Å². The predicted octanol–water partition coefficient (Wildman–Crippen LogP) is 5.39. The summed E-state index contributed by atoms with van der Waals surface area (Å²) in [6.45, 7) is 0.860. The Kier molecular flexibility index (Phi) is 5.99. The molecule has 4 nitrogen and oxygen atoms in total. The lowest BCUT2D eigenvalue weighted by molar-refractivity contribution is -0.137. The molecule has 0 atom stereocenters. The van der Waals surface area contributed by atoms with Crippen LogP contribution < -0.4 is 11.1 Å². The number of fused-ring (bicyclic) bond motifs is 1. The Labute approximate surface area is 172 Å². The SMILES string of the molecule is O=c1[nH]c2cc(C3CCC(NCCCc4ccc(C(F)(F)F)cc4)CC3)ccc2o1. The Hall–Kier alpha value is -2.54. The number of alkyl halides is 3. The Morgan fingerprint density at radius 1 is 1.03 bits per heavy atom. The number of aromatic nitrogens is 1. The van der Waals surface area contributed by atoms with Gasteiger partial charge in [-0.3, -0.25) is 4.98 Å². The lowest BCUT2D eigenvalue weighted by Gasteiger charge is -2.29. The highest BCUT2D eigenvalue weighted by molar-refractivity contribution is 5.73. The van der Waals surface area contributed by atoms with Crippen LogP contribution in [0, 0.1) is 0 Å². The normalized spacial score (nSPS) is 20.0. The smallest absolute Gasteiger partial charge is 0.408 e. The number of oxazole rings is 1. The van der Waals surface area contributed by atoms with Crippen LogP contribution in [0.25, 0.3) is 11.1 Å². The van der Waals surface area contributed by atoms with Gasteiger partial charge in [-0.05, 0) is 86.4 Å². The third-order valence-corrected chi connectivity index (χ3v) is 6.00. The molecule has 2 N–H and O–H groups in total. The second-order valence-electron chi connectivity index (χ2n) is 8.07. The third kappa shape index (κ3) is 4.95. The molecule has 1 aliphatic rings. The first-order valence-corrected chi connectivity index (χ1v) is 10.4. The number of aromatic amines is 1. The van der Waals surface area contributed by atoms with Gasteiger partial charge in [-0.1, -0.05) is 18.2 Å². The van der Waals surface area contributed by atoms with Gasteiger partial charge in [0.15, 0.2) is 5.58 Å². The van der Waals surface area contributed by atoms with Gasteiger partial charge in [-0.2, -0.15) is 13.2 Å². The minimum Gasteiger partial charge on any atom is -0.408 e. The van der Waals surface area contributed by atoms with Crippen molar-refractivity contribution in [3.05, 3.63) is 69.7 Å². The molecule has 1 aliphatic carbocycles. The fraction of sp³-hybridized carbons (Fsp3) is 0.435. The average Bonchev–Trinajstić information content (AvgIpc) is 3.10. The summed E-state index contributed by atoms with van der Waals surface area (Å²) in [5.74, 6) is 0.0596. The highest BCUT2D eigenvalue weighted by Crippen LogP contribution is 2.34. The average molecular weight is 418 g/mol. The molecule has 1 saturated carbocycles. The zero-order valence-corrected chi connectivity index (χ0v) is 16.6. The van der Waals surface area contributed by atoms with Crippen molar-refractivity contribution in [2.24, 2.45) is 0 Å². The quantitative estimate of drug-likeness (QED) is 0.528. The Balaban J connectivity index is 1.20. The molecule has 160 valence electrons. The summed E-state index contributed by atoms with van der Waals surface area (Å²) in [6, 6.07) is 11.8. The van der Waals surface area contributed by atoms with E-state index in [1.54, 1.807) is 12.1 Å². The molecule has 4 rings (SSSR count). The standard InChI is InChI=1S/C23H25F3N2O2/c24-23(25,26)18-8-3-15(4-9-18)2-1-13-27-19-10-5-16(6-11-19)17-7-12-21-20(14-17)28-22(29)30-21/h3-4,7-9,12,14,16,19,27H,1-2,5-6,10-11,13H2,(H,28,29). The van der Waals surface area contributed by atoms with Gasteiger partial charge in [0.2, 0.25) is 0 Å². The summed E-state index contributed by atoms with van der Waals surface area (Å²) in [5, 5.41) is 3.59. The molecule has 0 aliphatic heterocycles. The molecule has 1 aromatic heterocycles. The van der Waals surface area contributed by atoms with Crippen molar-refractivity contribution in [3.8, 4) is 0 Å². The minimum absolute atomic E-state index is 0.425. The van der Waals surface area contributed by atoms with Crippen LogP contribution in [0.5, 0.6) is 0 Å². The zero-order chi connectivity index (χ0) is 21.1. The molecule has 0 saturated heterocycles. The zero-order valence-electron chi connectivity index (χ0n) is 16.6. The van der Waals surface area contributed by atoms with Crippen molar-refractivity contribution in [1.29, 1.82) is 0 Å². The maximum Gasteiger partial charge on any atom is 0.417 e. The number of benzene rings is 2. The van der Waals surface area contributed by atoms with Crippen molar-refractivity contribution < 1.29 is 17.6 Å². The molecule has 0 amide bonds. The number of rotatable bonds is 6. The van der Waals surface area contributed by atoms with Gasteiger partial charge >= 0.3 is 11.9 Å². The molecule has 0 bridgehead atoms. The molecule has 0 spiro atoms. The van der Waals surface area contributed by atoms with E-state index in [2.05, 4.69) is 10.3 Å². The van der Waals surface area contributed by atoms with Crippen LogP contribution in [-0.4, -0.2) is 17.6 Å². The van der Waals surface area contributed by atoms with Gasteiger partial charge < -0.3 is 9.73 Å². The van der Waals surface area contributed by atoms with Crippen molar-refractivity contribution >= 4 is 11.1 Å². The summed E-state index contributed by atoms with van der Waals surface area (Å²) in [7, 11) is 0. The molecule has 1 fully saturated rings. The van der Waals surface area contributed by atoms with Crippen molar-refractivity contribution in [2.45, 2.75) is 56.7 Å². The second-order valence-corrected chi connectivity index (χ2v) is 8.07. The number of hydrogen-bond donors (Lipinski definition) is 2. The van der Waals surface area contributed by atoms with Gasteiger partial charge in [-0.15, -0.1) is 0 Å². The first kappa shape index (κ1) is 20.7. The van der Waals surface area contributed by atoms with Gasteiger partial charge in [0, 0.05) is 6.04 Å². The minimum atomic E-state index is -4.28. The number of nitrogens with one attached hydrogen (secondary N) is 2. The lowest BCUT2D eigenvalue weighted by Crippen LogP contribution is -2.33. The lowest BCUT2D eigenvalue weighted by atomic mass is 9.81. The molecule has 7 heteroatoms. The van der Waals surface area contributed by atoms with Crippen LogP contribution in [0.15, 0.2) is 51.7 Å². The fourth-order valence-corrected chi connectivity index (χ4v) is 4.31. The number of H-pyrrole nitrogens is 1. The highest BCUT2D eigenvalue weighted by Gasteiger charge is 2.29. The third-order valence-electron chi connectivity index (χ3n) is 6.00. The molecule has 0 radical (unpaired) electrons. The van der Waals surface area contributed by atoms with E-state index in [9.17, 15) is 18.0 Å². The van der Waals surface area contributed by atoms with Crippen LogP contribution in [0.1, 0.15) is 54.7 Å². The van der Waals surface area contributed by atoms with E-state index < -0.39 is 17.5 Å². The van der Waals surface area contributed by atoms with Crippen LogP contribution in [-0.2, 0) is 12.6 Å². The van der Waals surface area contributed by atoms with E-state index in [-0.39, 0.29) is 0 Å². The first-order valence-electron chi connectivity index (χ1n) is 10.4. The maximum atomic E-state index is 12.6. The molecular formula is C23H25F3N2O2. The van der Waals surface area contributed by atoms with Gasteiger partial charge in [0.05, 0.1) is 11.1 Å². The van der Waals surface area contributed by atoms with E-state index in [1.165, 1.54) is 5.56 Å². The monoisotopic (exact) mass is 418 g/mol. The van der Waals surface area contributed by atoms with Crippen LogP contribution in [0.2, 0.25) is 0 Å². The van der Waals surface area contributed by atoms with Crippen molar-refractivity contribution in [2.75, 3.05) is 6.54 Å². The Morgan fingerprint density at radius 2 is 1.77 bits per heavy atom. The Bertz CT molecular complexity index is 1030. The van der Waals surface area contributed by atoms with Crippen LogP contribution >= 0.6 is 0 Å². The molecule has 2 aromatic carbocycles. The van der Waals surface area contributed by atoms with Gasteiger partial charge in [0.1, 0.15) is 0 Å². The molecule has 3 aromatic rings. The summed E-state index contributed by atoms with van der Waals surface area (Å²) in [5.41, 5.74) is 2.91. The summed E-state index contributed by atoms with van der Waals surface area (Å²) in [6.07, 6.45) is 1.74. The van der Waals surface area contributed by atoms with Crippen molar-refractivity contribution in [3.63, 3.8) is 0 Å². The summed E-state index contributed by atoms with van der Waals surface area (Å²) < 4.78 is 42.9. The maximum absolute atomic E-state index is 12.6. The van der Waals surface area contributed by atoms with Crippen LogP contribution in [0.4, 0.5) is 13.2 Å². The second kappa shape index (κ2) is 8.68. The topological polar surface area (TPSA) is 58.0 Å². The van der Waals surface area contributed by atoms with Crippen molar-refractivity contribution in [1.82, 2.24) is 10.3 Å². The number of halogens is 3. The highest BCUT2D eigenvalue weighted by atomic mass is 19.4. The van der Waals surface area contributed by atoms with Crippen LogP contribution in [0.3, 0.4) is 0 Å². The molecular weight excluding hydrogens is 393 g/mol. The van der Waals surface area contributed by atoms with E-state index in [0.717, 1.165) is 68.3 Å². The summed E-state index contributed by atoms with van der Waals surface area (Å²) >= 11 is 0. The Morgan fingerprint density at radius 3 is 2.47 bits per heavy atom. The molecule has 1 heterocycles. The van der Waals surface area contributed by atoms with E-state index in [0.29, 0.717) is 17.5 Å². The van der Waals surface area contributed by atoms with Gasteiger partial charge in [0.25, 0.3) is 0 Å². The predicted molar refractivity (Wildman–Crippen MR) is 110 cm³/mol. The first-order chi connectivity index (χ1) is 14.4. The number of aryl methyl sites for hydroxylation is 1. The van der Waals surface area contributed by atoms with E-state index >= 15 is 0 Å². The number of hydrogen-bond acceptors (Lipinski definition) is 3. The molecule has 30 heavy (non-hydrogen) atoms. The van der Waals surface area contributed by atoms with E-state index in [1.807, 2.05) is 18.2 Å². The largest absolute Gasteiger partial charge is 0.417 e. The molecule has 0 unspecified atom stereocenters. The summed E-state index contributed by atoms with van der Waals surface area (Å²) in [4.78, 5) is 14.0. The fourth-order valence-electron chi connectivity index (χ4n) is 4.31.